The van der Waals surface area contributed by atoms with E-state index >= 15 is 0 Å². The Labute approximate surface area is 123 Å². The fraction of sp³-hybridized carbons (Fsp3) is 0.0667. The van der Waals surface area contributed by atoms with Gasteiger partial charge in [-0.1, -0.05) is 0 Å². The topological polar surface area (TPSA) is 50.1 Å². The van der Waals surface area contributed by atoms with Gasteiger partial charge in [-0.2, -0.15) is 5.26 Å². The van der Waals surface area contributed by atoms with Crippen molar-refractivity contribution in [3.8, 4) is 11.8 Å². The molecule has 0 aliphatic rings. The summed E-state index contributed by atoms with van der Waals surface area (Å²) in [6.45, 7) is -0.200. The van der Waals surface area contributed by atoms with E-state index in [1.165, 1.54) is 18.2 Å². The number of benzene rings is 2. The first kappa shape index (κ1) is 14.2. The first-order valence-corrected chi connectivity index (χ1v) is 6.50. The molecule has 0 aliphatic carbocycles. The minimum absolute atomic E-state index is 0.200. The van der Waals surface area contributed by atoms with Gasteiger partial charge < -0.3 is 4.74 Å². The zero-order valence-electron chi connectivity index (χ0n) is 10.3. The van der Waals surface area contributed by atoms with E-state index in [0.717, 1.165) is 0 Å². The number of halogens is 2. The average Bonchev–Trinajstić information content (AvgIpc) is 2.48. The Hall–Kier alpha value is -2.19. The SMILES string of the molecule is N#Cc1ccc(C(=O)COc2cc(F)ccc2Br)cc1. The summed E-state index contributed by atoms with van der Waals surface area (Å²) in [6.07, 6.45) is 0. The zero-order valence-corrected chi connectivity index (χ0v) is 11.9. The number of carbonyl (C=O) groups is 1. The highest BCUT2D eigenvalue weighted by Crippen LogP contribution is 2.25. The molecule has 2 aromatic rings. The number of nitrogens with zero attached hydrogens (tertiary/aromatic N) is 1. The van der Waals surface area contributed by atoms with E-state index in [4.69, 9.17) is 10.00 Å². The maximum absolute atomic E-state index is 13.1. The lowest BCUT2D eigenvalue weighted by Gasteiger charge is -2.07. The van der Waals surface area contributed by atoms with Gasteiger partial charge in [-0.05, 0) is 52.3 Å². The van der Waals surface area contributed by atoms with Crippen LogP contribution in [0.3, 0.4) is 0 Å². The maximum Gasteiger partial charge on any atom is 0.200 e. The molecule has 100 valence electrons. The fourth-order valence-corrected chi connectivity index (χ4v) is 1.91. The summed E-state index contributed by atoms with van der Waals surface area (Å²) in [5, 5.41) is 8.68. The van der Waals surface area contributed by atoms with Gasteiger partial charge in [0.1, 0.15) is 11.6 Å². The summed E-state index contributed by atoms with van der Waals surface area (Å²) in [4.78, 5) is 11.9. The lowest BCUT2D eigenvalue weighted by molar-refractivity contribution is 0.0920. The number of ketones is 1. The van der Waals surface area contributed by atoms with Gasteiger partial charge in [-0.15, -0.1) is 0 Å². The normalized spacial score (nSPS) is 9.85. The molecule has 0 fully saturated rings. The molecular formula is C15H9BrFNO2. The van der Waals surface area contributed by atoms with Crippen molar-refractivity contribution < 1.29 is 13.9 Å². The van der Waals surface area contributed by atoms with Crippen LogP contribution in [0.25, 0.3) is 0 Å². The van der Waals surface area contributed by atoms with Crippen LogP contribution >= 0.6 is 15.9 Å². The Kier molecular flexibility index (Phi) is 4.49. The number of hydrogen-bond acceptors (Lipinski definition) is 3. The number of nitriles is 1. The summed E-state index contributed by atoms with van der Waals surface area (Å²) in [7, 11) is 0. The molecule has 0 atom stereocenters. The Morgan fingerprint density at radius 2 is 1.95 bits per heavy atom. The van der Waals surface area contributed by atoms with Crippen molar-refractivity contribution in [3.05, 3.63) is 63.9 Å². The van der Waals surface area contributed by atoms with E-state index in [9.17, 15) is 9.18 Å². The van der Waals surface area contributed by atoms with Crippen LogP contribution in [0.5, 0.6) is 5.75 Å². The van der Waals surface area contributed by atoms with Crippen LogP contribution in [0.1, 0.15) is 15.9 Å². The minimum atomic E-state index is -0.436. The molecule has 2 aromatic carbocycles. The molecule has 0 saturated heterocycles. The van der Waals surface area contributed by atoms with Gasteiger partial charge in [0.2, 0.25) is 0 Å². The zero-order chi connectivity index (χ0) is 14.5. The minimum Gasteiger partial charge on any atom is -0.484 e. The summed E-state index contributed by atoms with van der Waals surface area (Å²) in [6, 6.07) is 12.2. The van der Waals surface area contributed by atoms with Gasteiger partial charge >= 0.3 is 0 Å². The third kappa shape index (κ3) is 3.43. The van der Waals surface area contributed by atoms with Crippen molar-refractivity contribution in [2.45, 2.75) is 0 Å². The van der Waals surface area contributed by atoms with Crippen LogP contribution in [0, 0.1) is 17.1 Å². The predicted octanol–water partition coefficient (Wildman–Crippen LogP) is 3.72. The molecule has 0 amide bonds. The molecule has 2 rings (SSSR count). The van der Waals surface area contributed by atoms with Gasteiger partial charge in [0.15, 0.2) is 12.4 Å². The summed E-state index contributed by atoms with van der Waals surface area (Å²) >= 11 is 3.22. The molecule has 0 aromatic heterocycles. The standard InChI is InChI=1S/C15H9BrFNO2/c16-13-6-5-12(17)7-15(13)20-9-14(19)11-3-1-10(8-18)2-4-11/h1-7H,9H2. The van der Waals surface area contributed by atoms with Crippen LogP contribution in [-0.4, -0.2) is 12.4 Å². The second-order valence-corrected chi connectivity index (χ2v) is 4.83. The van der Waals surface area contributed by atoms with E-state index in [1.54, 1.807) is 24.3 Å². The highest BCUT2D eigenvalue weighted by Gasteiger charge is 2.09. The predicted molar refractivity (Wildman–Crippen MR) is 75.1 cm³/mol. The number of Topliss-reactive ketones (excluding diaryl/α,β-unsaturated/α-hetero) is 1. The molecule has 0 spiro atoms. The third-order valence-corrected chi connectivity index (χ3v) is 3.24. The Balaban J connectivity index is 2.04. The first-order chi connectivity index (χ1) is 9.60. The molecule has 0 bridgehead atoms. The largest absolute Gasteiger partial charge is 0.484 e. The third-order valence-electron chi connectivity index (χ3n) is 2.59. The molecule has 0 N–H and O–H groups in total. The van der Waals surface area contributed by atoms with Crippen LogP contribution in [0.4, 0.5) is 4.39 Å². The second-order valence-electron chi connectivity index (χ2n) is 3.98. The van der Waals surface area contributed by atoms with Crippen LogP contribution in [-0.2, 0) is 0 Å². The molecule has 0 radical (unpaired) electrons. The molecule has 0 unspecified atom stereocenters. The smallest absolute Gasteiger partial charge is 0.200 e. The quantitative estimate of drug-likeness (QED) is 0.801. The lowest BCUT2D eigenvalue weighted by Crippen LogP contribution is -2.11. The summed E-state index contributed by atoms with van der Waals surface area (Å²) < 4.78 is 18.9. The van der Waals surface area contributed by atoms with Crippen LogP contribution in [0.15, 0.2) is 46.9 Å². The maximum atomic E-state index is 13.1. The van der Waals surface area contributed by atoms with E-state index in [-0.39, 0.29) is 18.1 Å². The molecule has 0 aliphatic heterocycles. The molecule has 5 heteroatoms. The van der Waals surface area contributed by atoms with Crippen molar-refractivity contribution >= 4 is 21.7 Å². The van der Waals surface area contributed by atoms with Crippen molar-refractivity contribution in [2.24, 2.45) is 0 Å². The van der Waals surface area contributed by atoms with Crippen LogP contribution < -0.4 is 4.74 Å². The van der Waals surface area contributed by atoms with E-state index in [1.807, 2.05) is 6.07 Å². The monoisotopic (exact) mass is 333 g/mol. The second kappa shape index (κ2) is 6.31. The van der Waals surface area contributed by atoms with Crippen molar-refractivity contribution in [1.29, 1.82) is 5.26 Å². The molecule has 0 saturated carbocycles. The van der Waals surface area contributed by atoms with Gasteiger partial charge in [-0.25, -0.2) is 4.39 Å². The van der Waals surface area contributed by atoms with Crippen molar-refractivity contribution in [2.75, 3.05) is 6.61 Å². The number of rotatable bonds is 4. The average molecular weight is 334 g/mol. The number of hydrogen-bond donors (Lipinski definition) is 0. The lowest BCUT2D eigenvalue weighted by atomic mass is 10.1. The van der Waals surface area contributed by atoms with Gasteiger partial charge in [0, 0.05) is 11.6 Å². The van der Waals surface area contributed by atoms with E-state index in [0.29, 0.717) is 15.6 Å². The summed E-state index contributed by atoms with van der Waals surface area (Å²) in [5.74, 6) is -0.410. The number of carbonyl (C=O) groups excluding carboxylic acids is 1. The highest BCUT2D eigenvalue weighted by atomic mass is 79.9. The Bertz CT molecular complexity index is 677. The molecule has 0 heterocycles. The first-order valence-electron chi connectivity index (χ1n) is 5.71. The molecule has 20 heavy (non-hydrogen) atoms. The van der Waals surface area contributed by atoms with Gasteiger partial charge in [0.05, 0.1) is 16.1 Å². The molecular weight excluding hydrogens is 325 g/mol. The fourth-order valence-electron chi connectivity index (χ4n) is 1.55. The van der Waals surface area contributed by atoms with Gasteiger partial charge in [-0.3, -0.25) is 4.79 Å². The highest BCUT2D eigenvalue weighted by molar-refractivity contribution is 9.10. The van der Waals surface area contributed by atoms with E-state index < -0.39 is 5.82 Å². The Morgan fingerprint density at radius 3 is 2.60 bits per heavy atom. The van der Waals surface area contributed by atoms with Crippen molar-refractivity contribution in [1.82, 2.24) is 0 Å². The van der Waals surface area contributed by atoms with Crippen LogP contribution in [0.2, 0.25) is 0 Å². The number of ether oxygens (including phenoxy) is 1. The summed E-state index contributed by atoms with van der Waals surface area (Å²) in [5.41, 5.74) is 0.923. The Morgan fingerprint density at radius 1 is 1.25 bits per heavy atom. The van der Waals surface area contributed by atoms with E-state index in [2.05, 4.69) is 15.9 Å². The molecule has 3 nitrogen and oxygen atoms in total. The van der Waals surface area contributed by atoms with Gasteiger partial charge in [0.25, 0.3) is 0 Å². The van der Waals surface area contributed by atoms with Crippen molar-refractivity contribution in [3.63, 3.8) is 0 Å².